The molecule has 0 saturated heterocycles. The lowest BCUT2D eigenvalue weighted by Gasteiger charge is -2.20. The van der Waals surface area contributed by atoms with Gasteiger partial charge in [-0.05, 0) is 33.6 Å². The molecule has 1 aliphatic rings. The number of hydrogen-bond donors (Lipinski definition) is 5. The van der Waals surface area contributed by atoms with Gasteiger partial charge in [-0.15, -0.1) is 0 Å². The highest BCUT2D eigenvalue weighted by molar-refractivity contribution is 5.92. The molecule has 2 aromatic rings. The Balaban J connectivity index is 1.68. The van der Waals surface area contributed by atoms with Gasteiger partial charge in [0.2, 0.25) is 0 Å². The molecule has 162 valence electrons. The summed E-state index contributed by atoms with van der Waals surface area (Å²) in [4.78, 5) is 16.1. The number of fused-ring (bicyclic) bond motifs is 2. The number of unbranched alkanes of at least 4 members (excludes halogenated alkanes) is 1. The lowest BCUT2D eigenvalue weighted by molar-refractivity contribution is 0.172. The zero-order chi connectivity index (χ0) is 21.7. The van der Waals surface area contributed by atoms with Crippen LogP contribution >= 0.6 is 0 Å². The van der Waals surface area contributed by atoms with Crippen molar-refractivity contribution >= 4 is 28.7 Å². The van der Waals surface area contributed by atoms with E-state index >= 15 is 0 Å². The first-order valence-corrected chi connectivity index (χ1v) is 10.1. The minimum absolute atomic E-state index is 0.104. The summed E-state index contributed by atoms with van der Waals surface area (Å²) < 4.78 is 12.8. The maximum atomic E-state index is 11.6. The van der Waals surface area contributed by atoms with E-state index in [1.807, 2.05) is 13.8 Å². The van der Waals surface area contributed by atoms with Crippen molar-refractivity contribution in [3.8, 4) is 11.5 Å². The zero-order valence-corrected chi connectivity index (χ0v) is 17.6. The van der Waals surface area contributed by atoms with Crippen molar-refractivity contribution < 1.29 is 14.3 Å². The highest BCUT2D eigenvalue weighted by Gasteiger charge is 2.17. The minimum Gasteiger partial charge on any atom is -0.486 e. The van der Waals surface area contributed by atoms with Crippen LogP contribution < -0.4 is 30.9 Å². The second-order valence-electron chi connectivity index (χ2n) is 7.40. The van der Waals surface area contributed by atoms with Crippen molar-refractivity contribution in [3.05, 3.63) is 17.6 Å². The molecule has 10 nitrogen and oxygen atoms in total. The number of urea groups is 1. The van der Waals surface area contributed by atoms with Gasteiger partial charge in [-0.1, -0.05) is 0 Å². The molecule has 0 fully saturated rings. The third kappa shape index (κ3) is 5.00. The number of rotatable bonds is 7. The molecule has 2 heterocycles. The molecule has 0 bridgehead atoms. The molecule has 0 radical (unpaired) electrons. The van der Waals surface area contributed by atoms with Crippen LogP contribution in [-0.4, -0.2) is 53.8 Å². The van der Waals surface area contributed by atoms with Gasteiger partial charge in [0.25, 0.3) is 0 Å². The topological polar surface area (TPSA) is 137 Å². The Morgan fingerprint density at radius 2 is 1.87 bits per heavy atom. The maximum Gasteiger partial charge on any atom is 0.314 e. The molecule has 30 heavy (non-hydrogen) atoms. The van der Waals surface area contributed by atoms with Gasteiger partial charge >= 0.3 is 6.03 Å². The largest absolute Gasteiger partial charge is 0.486 e. The smallest absolute Gasteiger partial charge is 0.314 e. The average Bonchev–Trinajstić information content (AvgIpc) is 2.68. The molecule has 3 rings (SSSR count). The van der Waals surface area contributed by atoms with Gasteiger partial charge in [0.1, 0.15) is 19.0 Å². The van der Waals surface area contributed by atoms with E-state index in [4.69, 9.17) is 20.3 Å². The minimum atomic E-state index is -0.167. The highest BCUT2D eigenvalue weighted by Crippen LogP contribution is 2.33. The van der Waals surface area contributed by atoms with Crippen LogP contribution in [0.4, 0.5) is 10.6 Å². The van der Waals surface area contributed by atoms with Crippen LogP contribution in [0.5, 0.6) is 11.5 Å². The number of carbonyl (C=O) groups is 1. The molecule has 1 aliphatic heterocycles. The highest BCUT2D eigenvalue weighted by atomic mass is 16.6. The van der Waals surface area contributed by atoms with Crippen LogP contribution in [0.25, 0.3) is 11.0 Å². The summed E-state index contributed by atoms with van der Waals surface area (Å²) in [5, 5.41) is 25.4. The third-order valence-corrected chi connectivity index (χ3v) is 4.50. The lowest BCUT2D eigenvalue weighted by atomic mass is 10.2. The number of anilines is 1. The van der Waals surface area contributed by atoms with E-state index in [-0.39, 0.29) is 23.4 Å². The maximum absolute atomic E-state index is 11.6. The van der Waals surface area contributed by atoms with Crippen molar-refractivity contribution in [3.63, 3.8) is 0 Å². The van der Waals surface area contributed by atoms with Gasteiger partial charge in [0.15, 0.2) is 22.8 Å². The summed E-state index contributed by atoms with van der Waals surface area (Å²) in [6.45, 7) is 7.57. The van der Waals surface area contributed by atoms with Gasteiger partial charge in [0, 0.05) is 31.3 Å². The Morgan fingerprint density at radius 3 is 2.53 bits per heavy atom. The molecular formula is C20H29N7O3. The van der Waals surface area contributed by atoms with Crippen LogP contribution in [0.2, 0.25) is 0 Å². The van der Waals surface area contributed by atoms with Crippen molar-refractivity contribution in [1.82, 2.24) is 20.2 Å². The molecule has 0 atom stereocenters. The van der Waals surface area contributed by atoms with E-state index in [9.17, 15) is 4.79 Å². The molecule has 1 aromatic carbocycles. The van der Waals surface area contributed by atoms with Crippen LogP contribution in [0.15, 0.2) is 12.1 Å². The summed E-state index contributed by atoms with van der Waals surface area (Å²) in [6.07, 6.45) is 1.59. The zero-order valence-electron chi connectivity index (χ0n) is 17.6. The van der Waals surface area contributed by atoms with Crippen LogP contribution in [0.3, 0.4) is 0 Å². The van der Waals surface area contributed by atoms with Crippen molar-refractivity contribution in [1.29, 1.82) is 10.8 Å². The second-order valence-corrected chi connectivity index (χ2v) is 7.40. The van der Waals surface area contributed by atoms with E-state index in [0.717, 1.165) is 12.8 Å². The molecule has 5 N–H and O–H groups in total. The van der Waals surface area contributed by atoms with E-state index < -0.39 is 0 Å². The van der Waals surface area contributed by atoms with Crippen molar-refractivity contribution in [2.45, 2.75) is 39.7 Å². The van der Waals surface area contributed by atoms with E-state index in [1.54, 1.807) is 19.1 Å². The van der Waals surface area contributed by atoms with Crippen LogP contribution in [-0.2, 0) is 0 Å². The first kappa shape index (κ1) is 21.4. The quantitative estimate of drug-likeness (QED) is 0.268. The number of carbonyl (C=O) groups excluding carboxylic acids is 1. The van der Waals surface area contributed by atoms with E-state index in [1.165, 1.54) is 4.57 Å². The van der Waals surface area contributed by atoms with Crippen LogP contribution in [0.1, 0.15) is 33.6 Å². The normalized spacial score (nSPS) is 12.7. The fourth-order valence-electron chi connectivity index (χ4n) is 3.18. The summed E-state index contributed by atoms with van der Waals surface area (Å²) >= 11 is 0. The van der Waals surface area contributed by atoms with Gasteiger partial charge in [-0.2, -0.15) is 0 Å². The Morgan fingerprint density at radius 1 is 1.20 bits per heavy atom. The molecular weight excluding hydrogens is 386 g/mol. The summed E-state index contributed by atoms with van der Waals surface area (Å²) in [6, 6.07) is 3.49. The third-order valence-electron chi connectivity index (χ3n) is 4.50. The Labute approximate surface area is 175 Å². The van der Waals surface area contributed by atoms with Gasteiger partial charge in [-0.3, -0.25) is 15.4 Å². The molecule has 0 aliphatic carbocycles. The number of ether oxygens (including phenoxy) is 2. The Kier molecular flexibility index (Phi) is 6.76. The monoisotopic (exact) mass is 415 g/mol. The second kappa shape index (κ2) is 9.47. The van der Waals surface area contributed by atoms with Crippen molar-refractivity contribution in [2.75, 3.05) is 31.6 Å². The number of nitrogens with one attached hydrogen (secondary N) is 5. The molecule has 0 spiro atoms. The molecule has 0 saturated carbocycles. The van der Waals surface area contributed by atoms with Crippen LogP contribution in [0, 0.1) is 10.8 Å². The number of benzene rings is 1. The average molecular weight is 415 g/mol. The summed E-state index contributed by atoms with van der Waals surface area (Å²) in [7, 11) is 0. The van der Waals surface area contributed by atoms with Gasteiger partial charge in [0.05, 0.1) is 11.0 Å². The molecule has 1 aromatic heterocycles. The molecule has 2 amide bonds. The van der Waals surface area contributed by atoms with E-state index in [0.29, 0.717) is 54.7 Å². The predicted octanol–water partition coefficient (Wildman–Crippen LogP) is 2.03. The number of aromatic nitrogens is 2. The SMILES string of the molecule is CC(=N)n1c(=N)c(NCCCCNC(=O)NC(C)C)nc2cc3c(cc21)OCCO3. The van der Waals surface area contributed by atoms with Crippen molar-refractivity contribution in [2.24, 2.45) is 0 Å². The fraction of sp³-hybridized carbons (Fsp3) is 0.500. The summed E-state index contributed by atoms with van der Waals surface area (Å²) in [5.74, 6) is 1.83. The predicted molar refractivity (Wildman–Crippen MR) is 115 cm³/mol. The molecule has 0 unspecified atom stereocenters. The van der Waals surface area contributed by atoms with E-state index in [2.05, 4.69) is 20.9 Å². The standard InChI is InChI=1S/C20H29N7O3/c1-12(2)25-20(28)24-7-5-4-6-23-19-18(22)27(13(3)21)15-11-17-16(10-14(15)26-19)29-8-9-30-17/h10-12,21-22H,4-9H2,1-3H3,(H,23,26)(H2,24,25,28). The summed E-state index contributed by atoms with van der Waals surface area (Å²) in [5.41, 5.74) is 1.36. The van der Waals surface area contributed by atoms with Gasteiger partial charge < -0.3 is 25.4 Å². The van der Waals surface area contributed by atoms with Gasteiger partial charge in [-0.25, -0.2) is 9.78 Å². The number of nitrogens with zero attached hydrogens (tertiary/aromatic N) is 2. The molecule has 10 heteroatoms. The number of amides is 2. The number of hydrogen-bond acceptors (Lipinski definition) is 7. The first-order valence-electron chi connectivity index (χ1n) is 10.1. The Hall–Kier alpha value is -3.30. The fourth-order valence-corrected chi connectivity index (χ4v) is 3.18. The first-order chi connectivity index (χ1) is 14.4. The Bertz CT molecular complexity index is 1000. The lowest BCUT2D eigenvalue weighted by Crippen LogP contribution is -2.39.